The quantitative estimate of drug-likeness (QED) is 0.625. The molecule has 6 nitrogen and oxygen atoms in total. The number of benzene rings is 2. The van der Waals surface area contributed by atoms with Crippen molar-refractivity contribution in [2.45, 2.75) is 26.7 Å². The minimum absolute atomic E-state index is 0.0274. The van der Waals surface area contributed by atoms with Crippen LogP contribution in [0.5, 0.6) is 17.2 Å². The maximum Gasteiger partial charge on any atom is 0.220 e. The van der Waals surface area contributed by atoms with Gasteiger partial charge in [-0.2, -0.15) is 0 Å². The zero-order chi connectivity index (χ0) is 21.2. The third-order valence-corrected chi connectivity index (χ3v) is 4.91. The minimum atomic E-state index is 0.0274. The fourth-order valence-corrected chi connectivity index (χ4v) is 3.32. The molecule has 0 aliphatic heterocycles. The molecular weight excluding hydrogens is 368 g/mol. The van der Waals surface area contributed by atoms with Gasteiger partial charge in [-0.15, -0.1) is 0 Å². The van der Waals surface area contributed by atoms with E-state index in [9.17, 15) is 4.79 Å². The number of anilines is 1. The highest BCUT2D eigenvalue weighted by molar-refractivity contribution is 5.76. The van der Waals surface area contributed by atoms with Crippen LogP contribution < -0.4 is 24.4 Å². The summed E-state index contributed by atoms with van der Waals surface area (Å²) in [6.07, 6.45) is 0.993. The Balaban J connectivity index is 1.88. The van der Waals surface area contributed by atoms with Gasteiger partial charge in [-0.1, -0.05) is 18.2 Å². The topological polar surface area (TPSA) is 60.0 Å². The Hall–Kier alpha value is -2.89. The van der Waals surface area contributed by atoms with Crippen molar-refractivity contribution in [3.05, 3.63) is 47.5 Å². The first-order valence-corrected chi connectivity index (χ1v) is 9.90. The summed E-state index contributed by atoms with van der Waals surface area (Å²) in [5.41, 5.74) is 3.41. The average Bonchev–Trinajstić information content (AvgIpc) is 2.75. The Labute approximate surface area is 173 Å². The van der Waals surface area contributed by atoms with Crippen LogP contribution in [0, 0.1) is 6.92 Å². The van der Waals surface area contributed by atoms with Crippen molar-refractivity contribution >= 4 is 11.6 Å². The second-order valence-corrected chi connectivity index (χ2v) is 6.75. The number of ether oxygens (including phenoxy) is 3. The highest BCUT2D eigenvalue weighted by atomic mass is 16.5. The van der Waals surface area contributed by atoms with Crippen LogP contribution in [0.2, 0.25) is 0 Å². The molecule has 0 bridgehead atoms. The molecule has 2 aromatic rings. The van der Waals surface area contributed by atoms with E-state index in [1.807, 2.05) is 24.3 Å². The lowest BCUT2D eigenvalue weighted by molar-refractivity contribution is -0.121. The molecule has 0 atom stereocenters. The summed E-state index contributed by atoms with van der Waals surface area (Å²) in [5.74, 6) is 1.77. The molecule has 2 rings (SSSR count). The summed E-state index contributed by atoms with van der Waals surface area (Å²) in [6, 6.07) is 12.1. The van der Waals surface area contributed by atoms with Crippen LogP contribution in [-0.2, 0) is 11.2 Å². The normalized spacial score (nSPS) is 10.4. The largest absolute Gasteiger partial charge is 0.493 e. The molecule has 0 unspecified atom stereocenters. The molecule has 0 heterocycles. The molecule has 0 aromatic heterocycles. The second kappa shape index (κ2) is 11.2. The third-order valence-electron chi connectivity index (χ3n) is 4.91. The maximum atomic E-state index is 12.3. The van der Waals surface area contributed by atoms with Crippen LogP contribution in [0.1, 0.15) is 24.5 Å². The summed E-state index contributed by atoms with van der Waals surface area (Å²) in [7, 11) is 4.74. The molecule has 0 aliphatic rings. The average molecular weight is 401 g/mol. The van der Waals surface area contributed by atoms with Crippen molar-refractivity contribution < 1.29 is 19.0 Å². The van der Waals surface area contributed by atoms with Gasteiger partial charge in [0.1, 0.15) is 0 Å². The number of hydrogen-bond donors (Lipinski definition) is 1. The van der Waals surface area contributed by atoms with Gasteiger partial charge in [-0.25, -0.2) is 0 Å². The number of para-hydroxylation sites is 1. The summed E-state index contributed by atoms with van der Waals surface area (Å²) >= 11 is 0. The van der Waals surface area contributed by atoms with E-state index in [-0.39, 0.29) is 5.91 Å². The molecule has 2 aromatic carbocycles. The van der Waals surface area contributed by atoms with Crippen LogP contribution in [0.15, 0.2) is 36.4 Å². The molecule has 0 spiro atoms. The lowest BCUT2D eigenvalue weighted by atomic mass is 10.1. The summed E-state index contributed by atoms with van der Waals surface area (Å²) in [5, 5.41) is 3.02. The van der Waals surface area contributed by atoms with Crippen molar-refractivity contribution in [3.8, 4) is 17.2 Å². The number of hydrogen-bond acceptors (Lipinski definition) is 5. The predicted octanol–water partition coefficient (Wildman–Crippen LogP) is 3.60. The zero-order valence-corrected chi connectivity index (χ0v) is 18.1. The lowest BCUT2D eigenvalue weighted by Gasteiger charge is -2.25. The molecule has 6 heteroatoms. The van der Waals surface area contributed by atoms with Gasteiger partial charge in [0.25, 0.3) is 0 Å². The lowest BCUT2D eigenvalue weighted by Crippen LogP contribution is -2.35. The standard InChI is InChI=1S/C23H32N2O4/c1-6-25(19-10-8-7-9-17(19)2)14-13-24-22(26)12-11-18-15-20(27-3)23(29-5)21(16-18)28-4/h7-10,15-16H,6,11-14H2,1-5H3,(H,24,26). The predicted molar refractivity (Wildman–Crippen MR) is 116 cm³/mol. The van der Waals surface area contributed by atoms with Gasteiger partial charge in [-0.05, 0) is 49.6 Å². The number of nitrogens with zero attached hydrogens (tertiary/aromatic N) is 1. The number of rotatable bonds is 11. The highest BCUT2D eigenvalue weighted by Gasteiger charge is 2.14. The number of amides is 1. The number of methoxy groups -OCH3 is 3. The van der Waals surface area contributed by atoms with Crippen molar-refractivity contribution in [2.75, 3.05) is 45.9 Å². The first-order valence-electron chi connectivity index (χ1n) is 9.90. The smallest absolute Gasteiger partial charge is 0.220 e. The highest BCUT2D eigenvalue weighted by Crippen LogP contribution is 2.38. The molecular formula is C23H32N2O4. The summed E-state index contributed by atoms with van der Waals surface area (Å²) < 4.78 is 16.1. The first-order chi connectivity index (χ1) is 14.0. The Morgan fingerprint density at radius 2 is 1.69 bits per heavy atom. The van der Waals surface area contributed by atoms with E-state index in [1.165, 1.54) is 11.3 Å². The van der Waals surface area contributed by atoms with Gasteiger partial charge < -0.3 is 24.4 Å². The minimum Gasteiger partial charge on any atom is -0.493 e. The Kier molecular flexibility index (Phi) is 8.65. The molecule has 0 radical (unpaired) electrons. The van der Waals surface area contributed by atoms with Gasteiger partial charge in [-0.3, -0.25) is 4.79 Å². The SMILES string of the molecule is CCN(CCNC(=O)CCc1cc(OC)c(OC)c(OC)c1)c1ccccc1C. The first kappa shape index (κ1) is 22.4. The fourth-order valence-electron chi connectivity index (χ4n) is 3.32. The van der Waals surface area contributed by atoms with Crippen LogP contribution in [0.3, 0.4) is 0 Å². The van der Waals surface area contributed by atoms with Gasteiger partial charge >= 0.3 is 0 Å². The zero-order valence-electron chi connectivity index (χ0n) is 18.1. The Bertz CT molecular complexity index is 782. The van der Waals surface area contributed by atoms with E-state index in [4.69, 9.17) is 14.2 Å². The van der Waals surface area contributed by atoms with Gasteiger partial charge in [0, 0.05) is 31.7 Å². The van der Waals surface area contributed by atoms with E-state index in [0.29, 0.717) is 36.6 Å². The summed E-state index contributed by atoms with van der Waals surface area (Å²) in [4.78, 5) is 14.6. The van der Waals surface area contributed by atoms with Crippen molar-refractivity contribution in [2.24, 2.45) is 0 Å². The van der Waals surface area contributed by atoms with Gasteiger partial charge in [0.15, 0.2) is 11.5 Å². The van der Waals surface area contributed by atoms with Crippen LogP contribution in [0.4, 0.5) is 5.69 Å². The number of carbonyl (C=O) groups is 1. The summed E-state index contributed by atoms with van der Waals surface area (Å²) in [6.45, 7) is 6.51. The Morgan fingerprint density at radius 1 is 1.03 bits per heavy atom. The molecule has 1 N–H and O–H groups in total. The van der Waals surface area contributed by atoms with E-state index in [1.54, 1.807) is 21.3 Å². The molecule has 1 amide bonds. The fraction of sp³-hybridized carbons (Fsp3) is 0.435. The monoisotopic (exact) mass is 400 g/mol. The number of aryl methyl sites for hydroxylation is 2. The van der Waals surface area contributed by atoms with E-state index in [0.717, 1.165) is 18.7 Å². The van der Waals surface area contributed by atoms with Crippen LogP contribution in [-0.4, -0.2) is 46.9 Å². The van der Waals surface area contributed by atoms with E-state index in [2.05, 4.69) is 36.2 Å². The van der Waals surface area contributed by atoms with Crippen molar-refractivity contribution in [3.63, 3.8) is 0 Å². The van der Waals surface area contributed by atoms with Crippen LogP contribution in [0.25, 0.3) is 0 Å². The van der Waals surface area contributed by atoms with E-state index >= 15 is 0 Å². The van der Waals surface area contributed by atoms with Gasteiger partial charge in [0.2, 0.25) is 11.7 Å². The Morgan fingerprint density at radius 3 is 2.24 bits per heavy atom. The number of nitrogens with one attached hydrogen (secondary N) is 1. The van der Waals surface area contributed by atoms with E-state index < -0.39 is 0 Å². The van der Waals surface area contributed by atoms with Crippen molar-refractivity contribution in [1.82, 2.24) is 5.32 Å². The molecule has 0 saturated carbocycles. The third kappa shape index (κ3) is 6.04. The van der Waals surface area contributed by atoms with Crippen LogP contribution >= 0.6 is 0 Å². The maximum absolute atomic E-state index is 12.3. The number of likely N-dealkylation sites (N-methyl/N-ethyl adjacent to an activating group) is 1. The molecule has 0 aliphatic carbocycles. The van der Waals surface area contributed by atoms with Crippen molar-refractivity contribution in [1.29, 1.82) is 0 Å². The molecule has 29 heavy (non-hydrogen) atoms. The second-order valence-electron chi connectivity index (χ2n) is 6.75. The molecule has 0 saturated heterocycles. The number of carbonyl (C=O) groups excluding carboxylic acids is 1. The molecule has 0 fully saturated rings. The molecule has 158 valence electrons. The van der Waals surface area contributed by atoms with Gasteiger partial charge in [0.05, 0.1) is 21.3 Å².